The SMILES string of the molecule is Cc1cnc(C2CCCCC2)n2c1c(CCCl)c1ccccc12. The molecule has 0 spiro atoms. The second-order valence-electron chi connectivity index (χ2n) is 6.75. The number of aromatic nitrogens is 2. The molecule has 3 heteroatoms. The molecule has 2 aromatic heterocycles. The maximum absolute atomic E-state index is 6.11. The highest BCUT2D eigenvalue weighted by atomic mass is 35.5. The monoisotopic (exact) mass is 326 g/mol. The maximum Gasteiger partial charge on any atom is 0.116 e. The largest absolute Gasteiger partial charge is 0.297 e. The van der Waals surface area contributed by atoms with Gasteiger partial charge in [0.1, 0.15) is 5.82 Å². The van der Waals surface area contributed by atoms with Crippen molar-refractivity contribution in [1.29, 1.82) is 0 Å². The molecule has 1 aliphatic rings. The molecule has 1 aromatic carbocycles. The summed E-state index contributed by atoms with van der Waals surface area (Å²) in [6, 6.07) is 8.72. The van der Waals surface area contributed by atoms with E-state index in [2.05, 4.69) is 41.8 Å². The van der Waals surface area contributed by atoms with E-state index < -0.39 is 0 Å². The number of para-hydroxylation sites is 1. The predicted octanol–water partition coefficient (Wildman–Crippen LogP) is 5.62. The van der Waals surface area contributed by atoms with Gasteiger partial charge < -0.3 is 0 Å². The van der Waals surface area contributed by atoms with Crippen molar-refractivity contribution in [1.82, 2.24) is 9.38 Å². The lowest BCUT2D eigenvalue weighted by molar-refractivity contribution is 0.426. The van der Waals surface area contributed by atoms with Crippen LogP contribution in [0.25, 0.3) is 16.4 Å². The Morgan fingerprint density at radius 3 is 2.74 bits per heavy atom. The van der Waals surface area contributed by atoms with E-state index >= 15 is 0 Å². The summed E-state index contributed by atoms with van der Waals surface area (Å²) in [6.45, 7) is 2.17. The maximum atomic E-state index is 6.11. The molecule has 120 valence electrons. The zero-order valence-electron chi connectivity index (χ0n) is 13.7. The first-order valence-electron chi connectivity index (χ1n) is 8.74. The van der Waals surface area contributed by atoms with E-state index in [0.29, 0.717) is 11.8 Å². The highest BCUT2D eigenvalue weighted by Gasteiger charge is 2.23. The van der Waals surface area contributed by atoms with Crippen LogP contribution in [-0.2, 0) is 6.42 Å². The van der Waals surface area contributed by atoms with E-state index in [0.717, 1.165) is 6.42 Å². The van der Waals surface area contributed by atoms with Crippen molar-refractivity contribution in [3.63, 3.8) is 0 Å². The Balaban J connectivity index is 2.05. The molecule has 0 radical (unpaired) electrons. The highest BCUT2D eigenvalue weighted by Crippen LogP contribution is 2.36. The summed E-state index contributed by atoms with van der Waals surface area (Å²) in [5.41, 5.74) is 5.26. The first-order valence-corrected chi connectivity index (χ1v) is 9.28. The number of rotatable bonds is 3. The lowest BCUT2D eigenvalue weighted by atomic mass is 9.88. The van der Waals surface area contributed by atoms with E-state index in [1.807, 2.05) is 0 Å². The van der Waals surface area contributed by atoms with Gasteiger partial charge >= 0.3 is 0 Å². The van der Waals surface area contributed by atoms with Gasteiger partial charge in [0.15, 0.2) is 0 Å². The van der Waals surface area contributed by atoms with E-state index in [1.54, 1.807) is 0 Å². The van der Waals surface area contributed by atoms with Gasteiger partial charge in [-0.25, -0.2) is 4.98 Å². The number of alkyl halides is 1. The van der Waals surface area contributed by atoms with Crippen LogP contribution in [0.1, 0.15) is 55.0 Å². The molecule has 4 rings (SSSR count). The quantitative estimate of drug-likeness (QED) is 0.570. The van der Waals surface area contributed by atoms with E-state index in [4.69, 9.17) is 16.6 Å². The molecule has 0 unspecified atom stereocenters. The second-order valence-corrected chi connectivity index (χ2v) is 7.13. The number of fused-ring (bicyclic) bond motifs is 3. The van der Waals surface area contributed by atoms with Gasteiger partial charge in [-0.15, -0.1) is 11.6 Å². The zero-order valence-corrected chi connectivity index (χ0v) is 14.4. The molecule has 0 N–H and O–H groups in total. The van der Waals surface area contributed by atoms with Crippen molar-refractivity contribution < 1.29 is 0 Å². The summed E-state index contributed by atoms with van der Waals surface area (Å²) < 4.78 is 2.43. The molecular formula is C20H23ClN2. The minimum Gasteiger partial charge on any atom is -0.297 e. The molecule has 0 aliphatic heterocycles. The summed E-state index contributed by atoms with van der Waals surface area (Å²) in [7, 11) is 0. The molecule has 1 saturated carbocycles. The summed E-state index contributed by atoms with van der Waals surface area (Å²) >= 11 is 6.11. The minimum atomic E-state index is 0.589. The van der Waals surface area contributed by atoms with Crippen LogP contribution in [0.5, 0.6) is 0 Å². The fourth-order valence-corrected chi connectivity index (χ4v) is 4.43. The molecule has 0 amide bonds. The van der Waals surface area contributed by atoms with Crippen LogP contribution in [0.3, 0.4) is 0 Å². The third-order valence-corrected chi connectivity index (χ3v) is 5.48. The molecule has 23 heavy (non-hydrogen) atoms. The number of aryl methyl sites for hydroxylation is 2. The lowest BCUT2D eigenvalue weighted by Crippen LogP contribution is -2.12. The van der Waals surface area contributed by atoms with Gasteiger partial charge in [0.25, 0.3) is 0 Å². The standard InChI is InChI=1S/C20H23ClN2/c1-14-13-22-20(15-7-3-2-4-8-15)23-18-10-6-5-9-16(18)17(11-12-21)19(14)23/h5-6,9-10,13,15H,2-4,7-8,11-12H2,1H3. The van der Waals surface area contributed by atoms with Crippen LogP contribution >= 0.6 is 11.6 Å². The van der Waals surface area contributed by atoms with Crippen LogP contribution < -0.4 is 0 Å². The molecule has 0 saturated heterocycles. The Hall–Kier alpha value is -1.54. The molecule has 2 heterocycles. The third kappa shape index (κ3) is 2.44. The number of halogens is 1. The van der Waals surface area contributed by atoms with Crippen molar-refractivity contribution in [3.8, 4) is 0 Å². The molecule has 1 fully saturated rings. The van der Waals surface area contributed by atoms with Crippen LogP contribution in [0.4, 0.5) is 0 Å². The Kier molecular flexibility index (Phi) is 4.02. The van der Waals surface area contributed by atoms with Gasteiger partial charge in [-0.05, 0) is 43.4 Å². The van der Waals surface area contributed by atoms with Crippen molar-refractivity contribution in [2.24, 2.45) is 0 Å². The second kappa shape index (κ2) is 6.16. The highest BCUT2D eigenvalue weighted by molar-refractivity contribution is 6.18. The van der Waals surface area contributed by atoms with Gasteiger partial charge in [0.05, 0.1) is 11.0 Å². The van der Waals surface area contributed by atoms with Gasteiger partial charge in [0.2, 0.25) is 0 Å². The Bertz CT molecular complexity index is 844. The molecule has 2 nitrogen and oxygen atoms in total. The normalized spacial score (nSPS) is 16.4. The number of benzene rings is 1. The van der Waals surface area contributed by atoms with Gasteiger partial charge in [-0.3, -0.25) is 4.40 Å². The van der Waals surface area contributed by atoms with E-state index in [-0.39, 0.29) is 0 Å². The molecule has 0 bridgehead atoms. The summed E-state index contributed by atoms with van der Waals surface area (Å²) in [4.78, 5) is 4.88. The van der Waals surface area contributed by atoms with E-state index in [1.165, 1.54) is 65.5 Å². The average molecular weight is 327 g/mol. The first kappa shape index (κ1) is 15.0. The van der Waals surface area contributed by atoms with Crippen molar-refractivity contribution in [2.45, 2.75) is 51.4 Å². The number of hydrogen-bond donors (Lipinski definition) is 0. The Labute approximate surface area is 142 Å². The topological polar surface area (TPSA) is 17.3 Å². The van der Waals surface area contributed by atoms with Crippen molar-refractivity contribution >= 4 is 28.0 Å². The van der Waals surface area contributed by atoms with Crippen LogP contribution in [0, 0.1) is 6.92 Å². The lowest BCUT2D eigenvalue weighted by Gasteiger charge is -2.23. The third-order valence-electron chi connectivity index (χ3n) is 5.29. The zero-order chi connectivity index (χ0) is 15.8. The van der Waals surface area contributed by atoms with Gasteiger partial charge in [0, 0.05) is 23.4 Å². The fraction of sp³-hybridized carbons (Fsp3) is 0.450. The summed E-state index contributed by atoms with van der Waals surface area (Å²) in [6.07, 6.45) is 9.54. The Morgan fingerprint density at radius 1 is 1.17 bits per heavy atom. The molecular weight excluding hydrogens is 304 g/mol. The van der Waals surface area contributed by atoms with Crippen molar-refractivity contribution in [3.05, 3.63) is 47.4 Å². The van der Waals surface area contributed by atoms with Crippen LogP contribution in [0.2, 0.25) is 0 Å². The van der Waals surface area contributed by atoms with E-state index in [9.17, 15) is 0 Å². The average Bonchev–Trinajstić information content (AvgIpc) is 2.92. The van der Waals surface area contributed by atoms with Crippen LogP contribution in [-0.4, -0.2) is 15.3 Å². The van der Waals surface area contributed by atoms with Crippen molar-refractivity contribution in [2.75, 3.05) is 5.88 Å². The fourth-order valence-electron chi connectivity index (χ4n) is 4.24. The summed E-state index contributed by atoms with van der Waals surface area (Å²) in [5.74, 6) is 2.50. The first-order chi connectivity index (χ1) is 11.3. The smallest absolute Gasteiger partial charge is 0.116 e. The minimum absolute atomic E-state index is 0.589. The molecule has 0 atom stereocenters. The Morgan fingerprint density at radius 2 is 1.96 bits per heavy atom. The number of nitrogens with zero attached hydrogens (tertiary/aromatic N) is 2. The molecule has 1 aliphatic carbocycles. The predicted molar refractivity (Wildman–Crippen MR) is 97.7 cm³/mol. The van der Waals surface area contributed by atoms with Gasteiger partial charge in [-0.2, -0.15) is 0 Å². The number of hydrogen-bond acceptors (Lipinski definition) is 1. The van der Waals surface area contributed by atoms with Crippen LogP contribution in [0.15, 0.2) is 30.5 Å². The van der Waals surface area contributed by atoms with Gasteiger partial charge in [-0.1, -0.05) is 37.5 Å². The molecule has 3 aromatic rings. The summed E-state index contributed by atoms with van der Waals surface area (Å²) in [5, 5.41) is 1.33.